The van der Waals surface area contributed by atoms with Gasteiger partial charge in [-0.2, -0.15) is 0 Å². The number of rotatable bonds is 5. The van der Waals surface area contributed by atoms with Crippen molar-refractivity contribution in [1.82, 2.24) is 9.97 Å². The molecule has 1 aromatic heterocycles. The number of anilines is 1. The molecule has 0 unspecified atom stereocenters. The van der Waals surface area contributed by atoms with Crippen LogP contribution in [0, 0.1) is 0 Å². The summed E-state index contributed by atoms with van der Waals surface area (Å²) in [5.74, 6) is 1.19. The fraction of sp³-hybridized carbons (Fsp3) is 0.333. The van der Waals surface area contributed by atoms with Crippen molar-refractivity contribution >= 4 is 5.82 Å². The Bertz CT molecular complexity index is 585. The predicted octanol–water partition coefficient (Wildman–Crippen LogP) is 4.08. The molecule has 2 rings (SSSR count). The molecule has 3 nitrogen and oxygen atoms in total. The monoisotopic (exact) mass is 277 g/mol. The minimum absolute atomic E-state index is 0.0157. The summed E-state index contributed by atoms with van der Waals surface area (Å²) >= 11 is 0. The number of halogens is 2. The van der Waals surface area contributed by atoms with Crippen LogP contribution in [0.15, 0.2) is 30.3 Å². The van der Waals surface area contributed by atoms with Crippen molar-refractivity contribution in [1.29, 1.82) is 0 Å². The predicted molar refractivity (Wildman–Crippen MR) is 76.0 cm³/mol. The molecule has 1 aromatic carbocycles. The highest BCUT2D eigenvalue weighted by Crippen LogP contribution is 2.24. The summed E-state index contributed by atoms with van der Waals surface area (Å²) < 4.78 is 25.5. The van der Waals surface area contributed by atoms with Gasteiger partial charge in [-0.25, -0.2) is 18.7 Å². The molecule has 5 heteroatoms. The van der Waals surface area contributed by atoms with E-state index in [-0.39, 0.29) is 5.56 Å². The third-order valence-corrected chi connectivity index (χ3v) is 2.90. The van der Waals surface area contributed by atoms with Crippen LogP contribution < -0.4 is 5.32 Å². The van der Waals surface area contributed by atoms with Gasteiger partial charge in [-0.1, -0.05) is 25.1 Å². The maximum absolute atomic E-state index is 12.8. The smallest absolute Gasteiger partial charge is 0.263 e. The fourth-order valence-corrected chi connectivity index (χ4v) is 1.89. The van der Waals surface area contributed by atoms with Gasteiger partial charge in [0.25, 0.3) is 6.43 Å². The zero-order chi connectivity index (χ0) is 14.5. The molecule has 0 saturated heterocycles. The lowest BCUT2D eigenvalue weighted by molar-refractivity contribution is 0.151. The maximum atomic E-state index is 12.8. The van der Waals surface area contributed by atoms with Crippen molar-refractivity contribution in [2.24, 2.45) is 0 Å². The van der Waals surface area contributed by atoms with Gasteiger partial charge in [0.15, 0.2) is 5.82 Å². The summed E-state index contributed by atoms with van der Waals surface area (Å²) in [5.41, 5.74) is 1.48. The minimum Gasteiger partial charge on any atom is -0.370 e. The van der Waals surface area contributed by atoms with Crippen molar-refractivity contribution in [3.05, 3.63) is 41.6 Å². The minimum atomic E-state index is -2.49. The van der Waals surface area contributed by atoms with Gasteiger partial charge in [-0.3, -0.25) is 0 Å². The molecule has 0 radical (unpaired) electrons. The molecule has 0 aliphatic carbocycles. The SMILES string of the molecule is CCNc1cc(CC)nc(-c2cccc(C(F)F)c2)n1. The lowest BCUT2D eigenvalue weighted by Gasteiger charge is -2.09. The fourth-order valence-electron chi connectivity index (χ4n) is 1.89. The number of nitrogens with one attached hydrogen (secondary N) is 1. The van der Waals surface area contributed by atoms with Gasteiger partial charge in [0.05, 0.1) is 0 Å². The summed E-state index contributed by atoms with van der Waals surface area (Å²) in [5, 5.41) is 3.13. The summed E-state index contributed by atoms with van der Waals surface area (Å²) in [7, 11) is 0. The van der Waals surface area contributed by atoms with Crippen molar-refractivity contribution in [3.8, 4) is 11.4 Å². The number of aromatic nitrogens is 2. The second-order valence-electron chi connectivity index (χ2n) is 4.38. The van der Waals surface area contributed by atoms with Crippen LogP contribution in [0.5, 0.6) is 0 Å². The Hall–Kier alpha value is -2.04. The van der Waals surface area contributed by atoms with Crippen LogP contribution >= 0.6 is 0 Å². The van der Waals surface area contributed by atoms with E-state index >= 15 is 0 Å². The average molecular weight is 277 g/mol. The van der Waals surface area contributed by atoms with Gasteiger partial charge < -0.3 is 5.32 Å². The van der Waals surface area contributed by atoms with E-state index in [0.29, 0.717) is 11.4 Å². The van der Waals surface area contributed by atoms with E-state index < -0.39 is 6.43 Å². The zero-order valence-electron chi connectivity index (χ0n) is 11.5. The Kier molecular flexibility index (Phi) is 4.61. The molecule has 0 aliphatic heterocycles. The van der Waals surface area contributed by atoms with Crippen LogP contribution in [0.1, 0.15) is 31.5 Å². The Labute approximate surface area is 117 Å². The van der Waals surface area contributed by atoms with Crippen LogP contribution in [-0.4, -0.2) is 16.5 Å². The molecule has 1 N–H and O–H groups in total. The lowest BCUT2D eigenvalue weighted by atomic mass is 10.1. The van der Waals surface area contributed by atoms with Gasteiger partial charge in [-0.05, 0) is 19.4 Å². The molecule has 2 aromatic rings. The topological polar surface area (TPSA) is 37.8 Å². The molecule has 106 valence electrons. The van der Waals surface area contributed by atoms with Crippen LogP contribution in [-0.2, 0) is 6.42 Å². The molecular weight excluding hydrogens is 260 g/mol. The lowest BCUT2D eigenvalue weighted by Crippen LogP contribution is -2.04. The molecule has 0 atom stereocenters. The quantitative estimate of drug-likeness (QED) is 0.895. The number of aryl methyl sites for hydroxylation is 1. The highest BCUT2D eigenvalue weighted by atomic mass is 19.3. The summed E-state index contributed by atoms with van der Waals surface area (Å²) in [6.07, 6.45) is -1.72. The molecule has 0 amide bonds. The Morgan fingerprint density at radius 2 is 1.95 bits per heavy atom. The second kappa shape index (κ2) is 6.41. The van der Waals surface area contributed by atoms with E-state index in [9.17, 15) is 8.78 Å². The van der Waals surface area contributed by atoms with Crippen LogP contribution in [0.4, 0.5) is 14.6 Å². The molecule has 0 aliphatic rings. The molecule has 0 saturated carbocycles. The first-order valence-corrected chi connectivity index (χ1v) is 6.64. The standard InChI is InChI=1S/C15H17F2N3/c1-3-12-9-13(18-4-2)20-15(19-12)11-7-5-6-10(8-11)14(16)17/h5-9,14H,3-4H2,1-2H3,(H,18,19,20). The molecule has 0 bridgehead atoms. The first-order valence-electron chi connectivity index (χ1n) is 6.64. The Balaban J connectivity index is 2.45. The Morgan fingerprint density at radius 1 is 1.15 bits per heavy atom. The van der Waals surface area contributed by atoms with Gasteiger partial charge in [0.2, 0.25) is 0 Å². The van der Waals surface area contributed by atoms with E-state index in [2.05, 4.69) is 15.3 Å². The maximum Gasteiger partial charge on any atom is 0.263 e. The van der Waals surface area contributed by atoms with E-state index in [4.69, 9.17) is 0 Å². The average Bonchev–Trinajstić information content (AvgIpc) is 2.47. The largest absolute Gasteiger partial charge is 0.370 e. The van der Waals surface area contributed by atoms with Crippen molar-refractivity contribution in [2.45, 2.75) is 26.7 Å². The summed E-state index contributed by atoms with van der Waals surface area (Å²) in [4.78, 5) is 8.78. The summed E-state index contributed by atoms with van der Waals surface area (Å²) in [6, 6.07) is 8.07. The number of hydrogen-bond acceptors (Lipinski definition) is 3. The van der Waals surface area contributed by atoms with Gasteiger partial charge in [0, 0.05) is 29.4 Å². The highest BCUT2D eigenvalue weighted by molar-refractivity contribution is 5.58. The third-order valence-electron chi connectivity index (χ3n) is 2.90. The molecule has 20 heavy (non-hydrogen) atoms. The highest BCUT2D eigenvalue weighted by Gasteiger charge is 2.10. The van der Waals surface area contributed by atoms with E-state index in [1.807, 2.05) is 19.9 Å². The van der Waals surface area contributed by atoms with Crippen LogP contribution in [0.3, 0.4) is 0 Å². The molecule has 1 heterocycles. The third kappa shape index (κ3) is 3.29. The van der Waals surface area contributed by atoms with E-state index in [0.717, 1.165) is 24.5 Å². The number of hydrogen-bond donors (Lipinski definition) is 1. The van der Waals surface area contributed by atoms with Gasteiger partial charge in [0.1, 0.15) is 5.82 Å². The van der Waals surface area contributed by atoms with Gasteiger partial charge >= 0.3 is 0 Å². The van der Waals surface area contributed by atoms with Crippen molar-refractivity contribution < 1.29 is 8.78 Å². The zero-order valence-corrected chi connectivity index (χ0v) is 11.5. The molecule has 0 spiro atoms. The summed E-state index contributed by atoms with van der Waals surface area (Å²) in [6.45, 7) is 4.72. The van der Waals surface area contributed by atoms with E-state index in [1.165, 1.54) is 12.1 Å². The number of nitrogens with zero attached hydrogens (tertiary/aromatic N) is 2. The Morgan fingerprint density at radius 3 is 2.60 bits per heavy atom. The van der Waals surface area contributed by atoms with Crippen molar-refractivity contribution in [2.75, 3.05) is 11.9 Å². The van der Waals surface area contributed by atoms with Crippen LogP contribution in [0.2, 0.25) is 0 Å². The number of alkyl halides is 2. The van der Waals surface area contributed by atoms with Crippen molar-refractivity contribution in [3.63, 3.8) is 0 Å². The molecular formula is C15H17F2N3. The van der Waals surface area contributed by atoms with Gasteiger partial charge in [-0.15, -0.1) is 0 Å². The van der Waals surface area contributed by atoms with Crippen LogP contribution in [0.25, 0.3) is 11.4 Å². The molecule has 0 fully saturated rings. The first-order chi connectivity index (χ1) is 9.63. The number of benzene rings is 1. The first kappa shape index (κ1) is 14.4. The normalized spacial score (nSPS) is 10.8. The van der Waals surface area contributed by atoms with E-state index in [1.54, 1.807) is 12.1 Å². The second-order valence-corrected chi connectivity index (χ2v) is 4.38.